The predicted octanol–water partition coefficient (Wildman–Crippen LogP) is 3.93. The molecule has 1 aliphatic rings. The molecule has 1 aromatic carbocycles. The molecule has 0 aliphatic heterocycles. The summed E-state index contributed by atoms with van der Waals surface area (Å²) in [7, 11) is 3.14. The minimum absolute atomic E-state index is 0.533. The first-order valence-electron chi connectivity index (χ1n) is 7.19. The summed E-state index contributed by atoms with van der Waals surface area (Å²) in [5.41, 5.74) is 0.879. The van der Waals surface area contributed by atoms with Crippen LogP contribution in [0.3, 0.4) is 0 Å². The van der Waals surface area contributed by atoms with Crippen LogP contribution in [0.2, 0.25) is 0 Å². The highest BCUT2D eigenvalue weighted by Gasteiger charge is 2.47. The molecule has 116 valence electrons. The fourth-order valence-corrected chi connectivity index (χ4v) is 4.21. The third kappa shape index (κ3) is 2.52. The van der Waals surface area contributed by atoms with E-state index in [1.165, 1.54) is 0 Å². The lowest BCUT2D eigenvalue weighted by Crippen LogP contribution is -2.34. The van der Waals surface area contributed by atoms with E-state index in [-0.39, 0.29) is 0 Å². The van der Waals surface area contributed by atoms with Crippen LogP contribution in [0.15, 0.2) is 10.5 Å². The van der Waals surface area contributed by atoms with Gasteiger partial charge in [0.05, 0.1) is 19.6 Å². The fraction of sp³-hybridized carbons (Fsp3) is 0.562. The molecule has 0 amide bonds. The van der Waals surface area contributed by atoms with Crippen molar-refractivity contribution in [2.75, 3.05) is 14.2 Å². The summed E-state index contributed by atoms with van der Waals surface area (Å²) in [6.07, 6.45) is 3.89. The van der Waals surface area contributed by atoms with E-state index in [0.717, 1.165) is 34.9 Å². The number of carboxylic acids is 1. The molecule has 2 rings (SSSR count). The molecule has 5 heteroatoms. The fourth-order valence-electron chi connectivity index (χ4n) is 3.26. The van der Waals surface area contributed by atoms with Crippen molar-refractivity contribution in [3.8, 4) is 11.5 Å². The number of aryl methyl sites for hydroxylation is 1. The van der Waals surface area contributed by atoms with Crippen molar-refractivity contribution in [2.24, 2.45) is 0 Å². The molecular weight excluding hydrogens is 336 g/mol. The zero-order chi connectivity index (χ0) is 15.6. The van der Waals surface area contributed by atoms with Gasteiger partial charge in [0.25, 0.3) is 0 Å². The summed E-state index contributed by atoms with van der Waals surface area (Å²) in [6, 6.07) is 1.91. The highest BCUT2D eigenvalue weighted by Crippen LogP contribution is 2.51. The molecule has 1 N–H and O–H groups in total. The normalized spacial score (nSPS) is 16.8. The third-order valence-electron chi connectivity index (χ3n) is 4.41. The van der Waals surface area contributed by atoms with Crippen LogP contribution >= 0.6 is 15.9 Å². The molecule has 0 heterocycles. The zero-order valence-corrected chi connectivity index (χ0v) is 14.2. The minimum atomic E-state index is -0.886. The largest absolute Gasteiger partial charge is 0.493 e. The van der Waals surface area contributed by atoms with Gasteiger partial charge >= 0.3 is 5.97 Å². The van der Waals surface area contributed by atoms with Crippen LogP contribution < -0.4 is 9.47 Å². The molecule has 21 heavy (non-hydrogen) atoms. The van der Waals surface area contributed by atoms with Crippen molar-refractivity contribution >= 4 is 21.9 Å². The van der Waals surface area contributed by atoms with E-state index >= 15 is 0 Å². The van der Waals surface area contributed by atoms with Crippen molar-refractivity contribution in [2.45, 2.75) is 44.4 Å². The summed E-state index contributed by atoms with van der Waals surface area (Å²) in [6.45, 7) is 2.04. The summed E-state index contributed by atoms with van der Waals surface area (Å²) in [5, 5.41) is 9.87. The van der Waals surface area contributed by atoms with Gasteiger partial charge in [-0.3, -0.25) is 4.79 Å². The number of carbonyl (C=O) groups is 1. The molecule has 0 unspecified atom stereocenters. The molecular formula is C16H21BrO4. The van der Waals surface area contributed by atoms with E-state index in [1.807, 2.05) is 13.0 Å². The van der Waals surface area contributed by atoms with Gasteiger partial charge in [0.15, 0.2) is 11.5 Å². The molecule has 0 spiro atoms. The second-order valence-electron chi connectivity index (χ2n) is 5.41. The number of hydrogen-bond acceptors (Lipinski definition) is 3. The van der Waals surface area contributed by atoms with Crippen LogP contribution in [-0.2, 0) is 16.6 Å². The lowest BCUT2D eigenvalue weighted by Gasteiger charge is -2.29. The van der Waals surface area contributed by atoms with Gasteiger partial charge in [-0.15, -0.1) is 0 Å². The maximum absolute atomic E-state index is 12.0. The average Bonchev–Trinajstić information content (AvgIpc) is 2.97. The highest BCUT2D eigenvalue weighted by atomic mass is 79.9. The Morgan fingerprint density at radius 3 is 2.38 bits per heavy atom. The number of benzene rings is 1. The van der Waals surface area contributed by atoms with Crippen LogP contribution in [-0.4, -0.2) is 25.3 Å². The van der Waals surface area contributed by atoms with Gasteiger partial charge in [0, 0.05) is 10.0 Å². The average molecular weight is 357 g/mol. The van der Waals surface area contributed by atoms with Crippen LogP contribution in [0.4, 0.5) is 0 Å². The van der Waals surface area contributed by atoms with Gasteiger partial charge in [0.2, 0.25) is 0 Å². The molecule has 0 aromatic heterocycles. The van der Waals surface area contributed by atoms with E-state index < -0.39 is 11.4 Å². The standard InChI is InChI=1S/C16H21BrO4/c1-4-10-9-11(20-2)14(21-3)12(13(10)17)16(15(18)19)7-5-6-8-16/h9H,4-8H2,1-3H3,(H,18,19). The molecule has 0 bridgehead atoms. The second-order valence-corrected chi connectivity index (χ2v) is 6.20. The van der Waals surface area contributed by atoms with Gasteiger partial charge in [-0.1, -0.05) is 35.7 Å². The summed E-state index contributed by atoms with van der Waals surface area (Å²) >= 11 is 3.61. The van der Waals surface area contributed by atoms with Crippen LogP contribution in [0.1, 0.15) is 43.7 Å². The second kappa shape index (κ2) is 6.26. The van der Waals surface area contributed by atoms with Crippen molar-refractivity contribution in [1.82, 2.24) is 0 Å². The molecule has 4 nitrogen and oxygen atoms in total. The lowest BCUT2D eigenvalue weighted by molar-refractivity contribution is -0.143. The maximum Gasteiger partial charge on any atom is 0.314 e. The Morgan fingerprint density at radius 2 is 1.95 bits per heavy atom. The molecule has 0 saturated heterocycles. The van der Waals surface area contributed by atoms with Gasteiger partial charge in [-0.05, 0) is 30.9 Å². The Hall–Kier alpha value is -1.23. The number of ether oxygens (including phenoxy) is 2. The Morgan fingerprint density at radius 1 is 1.33 bits per heavy atom. The van der Waals surface area contributed by atoms with E-state index in [1.54, 1.807) is 14.2 Å². The quantitative estimate of drug-likeness (QED) is 0.868. The first kappa shape index (κ1) is 16.1. The minimum Gasteiger partial charge on any atom is -0.493 e. The molecule has 1 aromatic rings. The van der Waals surface area contributed by atoms with E-state index in [9.17, 15) is 9.90 Å². The summed E-state index contributed by atoms with van der Waals surface area (Å²) in [5.74, 6) is 0.347. The number of halogens is 1. The van der Waals surface area contributed by atoms with E-state index in [0.29, 0.717) is 24.3 Å². The van der Waals surface area contributed by atoms with Crippen LogP contribution in [0, 0.1) is 0 Å². The number of methoxy groups -OCH3 is 2. The van der Waals surface area contributed by atoms with Gasteiger partial charge < -0.3 is 14.6 Å². The highest BCUT2D eigenvalue weighted by molar-refractivity contribution is 9.10. The van der Waals surface area contributed by atoms with Gasteiger partial charge in [-0.25, -0.2) is 0 Å². The Balaban J connectivity index is 2.78. The lowest BCUT2D eigenvalue weighted by atomic mass is 9.77. The third-order valence-corrected chi connectivity index (χ3v) is 5.31. The first-order valence-corrected chi connectivity index (χ1v) is 7.98. The van der Waals surface area contributed by atoms with Crippen LogP contribution in [0.5, 0.6) is 11.5 Å². The Kier molecular flexibility index (Phi) is 4.81. The summed E-state index contributed by atoms with van der Waals surface area (Å²) in [4.78, 5) is 12.0. The molecule has 1 aliphatic carbocycles. The van der Waals surface area contributed by atoms with Crippen molar-refractivity contribution in [3.05, 3.63) is 21.7 Å². The van der Waals surface area contributed by atoms with E-state index in [2.05, 4.69) is 15.9 Å². The molecule has 0 atom stereocenters. The van der Waals surface area contributed by atoms with Crippen molar-refractivity contribution in [1.29, 1.82) is 0 Å². The SMILES string of the molecule is CCc1cc(OC)c(OC)c(C2(C(=O)O)CCCC2)c1Br. The number of rotatable bonds is 5. The van der Waals surface area contributed by atoms with Gasteiger partial charge in [0.1, 0.15) is 0 Å². The number of carboxylic acid groups (broad SMARTS) is 1. The van der Waals surface area contributed by atoms with Crippen molar-refractivity contribution < 1.29 is 19.4 Å². The molecule has 1 saturated carbocycles. The predicted molar refractivity (Wildman–Crippen MR) is 84.4 cm³/mol. The monoisotopic (exact) mass is 356 g/mol. The number of hydrogen-bond donors (Lipinski definition) is 1. The summed E-state index contributed by atoms with van der Waals surface area (Å²) < 4.78 is 11.8. The van der Waals surface area contributed by atoms with Gasteiger partial charge in [-0.2, -0.15) is 0 Å². The van der Waals surface area contributed by atoms with E-state index in [4.69, 9.17) is 9.47 Å². The van der Waals surface area contributed by atoms with Crippen LogP contribution in [0.25, 0.3) is 0 Å². The zero-order valence-electron chi connectivity index (χ0n) is 12.7. The Bertz CT molecular complexity index is 548. The topological polar surface area (TPSA) is 55.8 Å². The van der Waals surface area contributed by atoms with Crippen molar-refractivity contribution in [3.63, 3.8) is 0 Å². The first-order chi connectivity index (χ1) is 10.0. The molecule has 0 radical (unpaired) electrons. The molecule has 1 fully saturated rings. The smallest absolute Gasteiger partial charge is 0.314 e. The Labute approximate surface area is 133 Å². The maximum atomic E-state index is 12.0. The number of aliphatic carboxylic acids is 1.